The Morgan fingerprint density at radius 2 is 1.96 bits per heavy atom. The van der Waals surface area contributed by atoms with Crippen LogP contribution in [-0.2, 0) is 9.53 Å². The van der Waals surface area contributed by atoms with Crippen molar-refractivity contribution in [3.05, 3.63) is 60.1 Å². The molecular weight excluding hydrogens is 350 g/mol. The van der Waals surface area contributed by atoms with Crippen molar-refractivity contribution >= 4 is 22.7 Å². The molecule has 0 saturated heterocycles. The number of hydrogen-bond donors (Lipinski definition) is 3. The smallest absolute Gasteiger partial charge is 0.351 e. The van der Waals surface area contributed by atoms with Gasteiger partial charge in [-0.2, -0.15) is 0 Å². The summed E-state index contributed by atoms with van der Waals surface area (Å²) in [6, 6.07) is 14.4. The molecule has 2 heterocycles. The zero-order valence-electron chi connectivity index (χ0n) is 14.2. The summed E-state index contributed by atoms with van der Waals surface area (Å²) in [6.45, 7) is -0.372. The molecule has 0 radical (unpaired) electrons. The summed E-state index contributed by atoms with van der Waals surface area (Å²) < 4.78 is 16.1. The summed E-state index contributed by atoms with van der Waals surface area (Å²) in [6.07, 6.45) is -0.917. The summed E-state index contributed by atoms with van der Waals surface area (Å²) >= 11 is 0. The van der Waals surface area contributed by atoms with E-state index in [-0.39, 0.29) is 18.1 Å². The lowest BCUT2D eigenvalue weighted by Crippen LogP contribution is -2.38. The molecule has 0 bridgehead atoms. The molecule has 0 amide bonds. The van der Waals surface area contributed by atoms with Gasteiger partial charge in [-0.25, -0.2) is 9.78 Å². The number of esters is 1. The van der Waals surface area contributed by atoms with Crippen molar-refractivity contribution in [3.8, 4) is 11.5 Å². The largest absolute Gasteiger partial charge is 0.507 e. The van der Waals surface area contributed by atoms with Gasteiger partial charge in [0.05, 0.1) is 11.0 Å². The number of imidazole rings is 1. The number of aromatic nitrogens is 2. The van der Waals surface area contributed by atoms with Gasteiger partial charge in [-0.05, 0) is 24.3 Å². The van der Waals surface area contributed by atoms with E-state index in [0.29, 0.717) is 22.8 Å². The summed E-state index contributed by atoms with van der Waals surface area (Å²) in [4.78, 5) is 19.5. The number of nitrogens with two attached hydrogens (primary N) is 1. The number of benzene rings is 2. The van der Waals surface area contributed by atoms with Gasteiger partial charge in [0.1, 0.15) is 12.3 Å². The van der Waals surface area contributed by atoms with Crippen LogP contribution in [0.25, 0.3) is 16.7 Å². The Morgan fingerprint density at radius 1 is 1.22 bits per heavy atom. The van der Waals surface area contributed by atoms with Gasteiger partial charge in [0.25, 0.3) is 0 Å². The fourth-order valence-electron chi connectivity index (χ4n) is 2.66. The molecule has 2 aromatic carbocycles. The van der Waals surface area contributed by atoms with E-state index in [9.17, 15) is 9.90 Å². The first-order chi connectivity index (χ1) is 13.1. The second kappa shape index (κ2) is 6.91. The normalized spacial score (nSPS) is 16.7. The third kappa shape index (κ3) is 3.37. The van der Waals surface area contributed by atoms with E-state index in [1.165, 1.54) is 0 Å². The predicted molar refractivity (Wildman–Crippen MR) is 97.1 cm³/mol. The Bertz CT molecular complexity index is 994. The zero-order valence-corrected chi connectivity index (χ0v) is 14.2. The minimum Gasteiger partial charge on any atom is -0.507 e. The molecule has 0 fully saturated rings. The maximum absolute atomic E-state index is 12.2. The molecule has 138 valence electrons. The molecule has 1 aliphatic rings. The van der Waals surface area contributed by atoms with Crippen molar-refractivity contribution in [1.82, 2.24) is 9.97 Å². The maximum atomic E-state index is 12.2. The molecular formula is C19H17N3O5. The fraction of sp³-hybridized carbons (Fsp3) is 0.158. The van der Waals surface area contributed by atoms with E-state index in [1.54, 1.807) is 18.2 Å². The van der Waals surface area contributed by atoms with Gasteiger partial charge in [-0.15, -0.1) is 0 Å². The highest BCUT2D eigenvalue weighted by Crippen LogP contribution is 2.31. The third-order valence-corrected chi connectivity index (χ3v) is 4.08. The van der Waals surface area contributed by atoms with Gasteiger partial charge in [0.15, 0.2) is 29.7 Å². The minimum atomic E-state index is -0.917. The molecule has 1 aromatic heterocycles. The number of aromatic amines is 1. The summed E-state index contributed by atoms with van der Waals surface area (Å²) in [5.41, 5.74) is 7.42. The highest BCUT2D eigenvalue weighted by Gasteiger charge is 2.29. The van der Waals surface area contributed by atoms with Crippen LogP contribution in [0.15, 0.2) is 54.3 Å². The first-order valence-corrected chi connectivity index (χ1v) is 8.29. The van der Waals surface area contributed by atoms with Gasteiger partial charge in [-0.1, -0.05) is 24.3 Å². The zero-order chi connectivity index (χ0) is 18.8. The Balaban J connectivity index is 1.41. The molecule has 1 aliphatic heterocycles. The topological polar surface area (TPSA) is 120 Å². The number of H-pyrrole nitrogens is 1. The van der Waals surface area contributed by atoms with Crippen molar-refractivity contribution in [2.24, 2.45) is 5.73 Å². The van der Waals surface area contributed by atoms with Crippen LogP contribution >= 0.6 is 0 Å². The second-order valence-electron chi connectivity index (χ2n) is 5.93. The summed E-state index contributed by atoms with van der Waals surface area (Å²) in [5, 5.41) is 10.1. The lowest BCUT2D eigenvalue weighted by molar-refractivity contribution is -0.154. The van der Waals surface area contributed by atoms with E-state index >= 15 is 0 Å². The predicted octanol–water partition coefficient (Wildman–Crippen LogP) is 2.13. The summed E-state index contributed by atoms with van der Waals surface area (Å²) in [5.74, 6) is 0.370. The van der Waals surface area contributed by atoms with E-state index in [4.69, 9.17) is 19.9 Å². The van der Waals surface area contributed by atoms with Gasteiger partial charge in [0, 0.05) is 0 Å². The molecule has 4 N–H and O–H groups in total. The number of aliphatic hydroxyl groups excluding tert-OH is 1. The highest BCUT2D eigenvalue weighted by atomic mass is 16.6. The number of nitrogens with one attached hydrogen (secondary N) is 1. The lowest BCUT2D eigenvalue weighted by atomic mass is 10.2. The van der Waals surface area contributed by atoms with Crippen LogP contribution < -0.4 is 15.2 Å². The number of fused-ring (bicyclic) bond motifs is 2. The number of ether oxygens (including phenoxy) is 3. The Labute approximate surface area is 154 Å². The molecule has 0 saturated carbocycles. The number of para-hydroxylation sites is 4. The molecule has 0 aliphatic carbocycles. The van der Waals surface area contributed by atoms with Crippen LogP contribution in [0.1, 0.15) is 5.82 Å². The lowest BCUT2D eigenvalue weighted by Gasteiger charge is -2.24. The van der Waals surface area contributed by atoms with Crippen LogP contribution in [0.3, 0.4) is 0 Å². The van der Waals surface area contributed by atoms with Gasteiger partial charge in [0.2, 0.25) is 6.10 Å². The molecule has 3 aromatic rings. The average molecular weight is 367 g/mol. The van der Waals surface area contributed by atoms with Crippen molar-refractivity contribution in [3.63, 3.8) is 0 Å². The molecule has 4 rings (SSSR count). The highest BCUT2D eigenvalue weighted by molar-refractivity contribution is 5.79. The van der Waals surface area contributed by atoms with Gasteiger partial charge < -0.3 is 30.0 Å². The van der Waals surface area contributed by atoms with E-state index < -0.39 is 18.7 Å². The Hall–Kier alpha value is -3.68. The quantitative estimate of drug-likeness (QED) is 0.477. The third-order valence-electron chi connectivity index (χ3n) is 4.08. The number of aliphatic hydroxyl groups is 1. The van der Waals surface area contributed by atoms with E-state index in [2.05, 4.69) is 9.97 Å². The number of hydrogen-bond acceptors (Lipinski definition) is 7. The van der Waals surface area contributed by atoms with Crippen molar-refractivity contribution in [2.45, 2.75) is 6.10 Å². The van der Waals surface area contributed by atoms with Crippen LogP contribution in [0.4, 0.5) is 0 Å². The SMILES string of the molecule is NC(=C(O)COC(=O)C1COc2ccccc2O1)c1nc2ccccc2[nH]1. The van der Waals surface area contributed by atoms with Gasteiger partial charge in [-0.3, -0.25) is 0 Å². The molecule has 1 unspecified atom stereocenters. The van der Waals surface area contributed by atoms with Crippen LogP contribution in [0.5, 0.6) is 11.5 Å². The van der Waals surface area contributed by atoms with Crippen molar-refractivity contribution < 1.29 is 24.1 Å². The van der Waals surface area contributed by atoms with Crippen molar-refractivity contribution in [1.29, 1.82) is 0 Å². The molecule has 8 heteroatoms. The van der Waals surface area contributed by atoms with Crippen molar-refractivity contribution in [2.75, 3.05) is 13.2 Å². The molecule has 27 heavy (non-hydrogen) atoms. The summed E-state index contributed by atoms with van der Waals surface area (Å²) in [7, 11) is 0. The number of nitrogens with zero attached hydrogens (tertiary/aromatic N) is 1. The second-order valence-corrected chi connectivity index (χ2v) is 5.93. The standard InChI is InChI=1S/C19H17N3O5/c20-17(18-21-11-5-1-2-6-12(11)22-18)13(23)9-26-19(24)16-10-25-14-7-3-4-8-15(14)27-16/h1-8,16,23H,9-10,20H2,(H,21,22). The molecule has 8 nitrogen and oxygen atoms in total. The monoisotopic (exact) mass is 367 g/mol. The van der Waals surface area contributed by atoms with E-state index in [1.807, 2.05) is 30.3 Å². The molecule has 0 spiro atoms. The van der Waals surface area contributed by atoms with Crippen LogP contribution in [0, 0.1) is 0 Å². The Kier molecular flexibility index (Phi) is 4.29. The number of rotatable bonds is 4. The number of carbonyl (C=O) groups excluding carboxylic acids is 1. The molecule has 1 atom stereocenters. The van der Waals surface area contributed by atoms with Crippen LogP contribution in [-0.4, -0.2) is 40.4 Å². The Morgan fingerprint density at radius 3 is 2.78 bits per heavy atom. The number of carbonyl (C=O) groups is 1. The van der Waals surface area contributed by atoms with Gasteiger partial charge >= 0.3 is 5.97 Å². The maximum Gasteiger partial charge on any atom is 0.351 e. The average Bonchev–Trinajstić information content (AvgIpc) is 3.15. The van der Waals surface area contributed by atoms with E-state index in [0.717, 1.165) is 5.52 Å². The van der Waals surface area contributed by atoms with Crippen LogP contribution in [0.2, 0.25) is 0 Å². The minimum absolute atomic E-state index is 0.00478. The first-order valence-electron chi connectivity index (χ1n) is 8.29. The first kappa shape index (κ1) is 16.8. The fourth-order valence-corrected chi connectivity index (χ4v) is 2.66.